The van der Waals surface area contributed by atoms with Crippen LogP contribution in [0.4, 0.5) is 4.79 Å². The summed E-state index contributed by atoms with van der Waals surface area (Å²) in [5.74, 6) is 0. The number of hydrogen-bond acceptors (Lipinski definition) is 2. The normalized spacial score (nSPS) is 26.2. The number of amides is 2. The van der Waals surface area contributed by atoms with Gasteiger partial charge in [-0.3, -0.25) is 4.90 Å². The van der Waals surface area contributed by atoms with Crippen molar-refractivity contribution in [2.45, 2.75) is 76.9 Å². The molecule has 4 heteroatoms. The zero-order valence-electron chi connectivity index (χ0n) is 17.0. The Morgan fingerprint density at radius 3 is 2.37 bits per heavy atom. The Labute approximate surface area is 164 Å². The predicted molar refractivity (Wildman–Crippen MR) is 110 cm³/mol. The number of hydrogen-bond donors (Lipinski definition) is 1. The summed E-state index contributed by atoms with van der Waals surface area (Å²) in [7, 11) is 0. The maximum atomic E-state index is 12.3. The van der Waals surface area contributed by atoms with Crippen LogP contribution in [0.25, 0.3) is 0 Å². The Hall–Kier alpha value is -1.55. The lowest BCUT2D eigenvalue weighted by molar-refractivity contribution is -0.132. The SMILES string of the molecule is CC(C)NC(=O)N1CCC(N2CC3(CCCCC3)[C@H]2c2ccccc2)CC1. The molecule has 27 heavy (non-hydrogen) atoms. The molecular formula is C23H35N3O. The summed E-state index contributed by atoms with van der Waals surface area (Å²) in [5.41, 5.74) is 2.01. The quantitative estimate of drug-likeness (QED) is 0.847. The number of carbonyl (C=O) groups excluding carboxylic acids is 1. The summed E-state index contributed by atoms with van der Waals surface area (Å²) in [6.45, 7) is 7.08. The number of carbonyl (C=O) groups is 1. The van der Waals surface area contributed by atoms with E-state index in [1.807, 2.05) is 18.7 Å². The molecule has 4 rings (SSSR count). The van der Waals surface area contributed by atoms with Crippen LogP contribution in [0.1, 0.15) is 70.4 Å². The van der Waals surface area contributed by atoms with Crippen molar-refractivity contribution < 1.29 is 4.79 Å². The fourth-order valence-corrected chi connectivity index (χ4v) is 5.73. The number of benzene rings is 1. The molecule has 4 nitrogen and oxygen atoms in total. The first-order valence-electron chi connectivity index (χ1n) is 11.0. The molecule has 0 bridgehead atoms. The Morgan fingerprint density at radius 1 is 1.07 bits per heavy atom. The van der Waals surface area contributed by atoms with Crippen LogP contribution in [0, 0.1) is 5.41 Å². The highest BCUT2D eigenvalue weighted by molar-refractivity contribution is 5.74. The number of rotatable bonds is 3. The van der Waals surface area contributed by atoms with Gasteiger partial charge in [-0.2, -0.15) is 0 Å². The average Bonchev–Trinajstić information content (AvgIpc) is 2.67. The molecular weight excluding hydrogens is 334 g/mol. The van der Waals surface area contributed by atoms with Gasteiger partial charge in [0.1, 0.15) is 0 Å². The van der Waals surface area contributed by atoms with Crippen LogP contribution in [-0.2, 0) is 0 Å². The average molecular weight is 370 g/mol. The molecule has 3 aliphatic rings. The van der Waals surface area contributed by atoms with Gasteiger partial charge in [-0.25, -0.2) is 4.79 Å². The lowest BCUT2D eigenvalue weighted by Crippen LogP contribution is -2.64. The van der Waals surface area contributed by atoms with Crippen molar-refractivity contribution in [1.82, 2.24) is 15.1 Å². The number of nitrogens with zero attached hydrogens (tertiary/aromatic N) is 2. The third-order valence-corrected chi connectivity index (χ3v) is 7.01. The van der Waals surface area contributed by atoms with Gasteiger partial charge in [0.2, 0.25) is 0 Å². The van der Waals surface area contributed by atoms with E-state index in [9.17, 15) is 4.79 Å². The lowest BCUT2D eigenvalue weighted by atomic mass is 9.60. The van der Waals surface area contributed by atoms with E-state index >= 15 is 0 Å². The van der Waals surface area contributed by atoms with Crippen LogP contribution in [0.2, 0.25) is 0 Å². The minimum Gasteiger partial charge on any atom is -0.336 e. The second-order valence-electron chi connectivity index (χ2n) is 9.23. The van der Waals surface area contributed by atoms with Gasteiger partial charge in [0, 0.05) is 43.2 Å². The van der Waals surface area contributed by atoms with Crippen LogP contribution in [0.5, 0.6) is 0 Å². The van der Waals surface area contributed by atoms with Crippen molar-refractivity contribution in [1.29, 1.82) is 0 Å². The minimum absolute atomic E-state index is 0.107. The largest absolute Gasteiger partial charge is 0.336 e. The van der Waals surface area contributed by atoms with E-state index in [1.165, 1.54) is 44.2 Å². The predicted octanol–water partition coefficient (Wildman–Crippen LogP) is 4.58. The fraction of sp³-hybridized carbons (Fsp3) is 0.696. The molecule has 1 aromatic rings. The minimum atomic E-state index is 0.107. The van der Waals surface area contributed by atoms with Crippen LogP contribution in [0.3, 0.4) is 0 Å². The molecule has 3 fully saturated rings. The standard InChI is InChI=1S/C23H35N3O/c1-18(2)24-22(27)25-15-11-20(12-16-25)26-17-23(13-7-4-8-14-23)21(26)19-9-5-3-6-10-19/h3,5-6,9-10,18,20-21H,4,7-8,11-17H2,1-2H3,(H,24,27)/t21-/m1/s1. The van der Waals surface area contributed by atoms with E-state index in [-0.39, 0.29) is 12.1 Å². The van der Waals surface area contributed by atoms with Gasteiger partial charge in [-0.15, -0.1) is 0 Å². The second-order valence-corrected chi connectivity index (χ2v) is 9.23. The second kappa shape index (κ2) is 7.83. The van der Waals surface area contributed by atoms with Crippen molar-refractivity contribution >= 4 is 6.03 Å². The highest BCUT2D eigenvalue weighted by Crippen LogP contribution is 2.58. The molecule has 2 saturated heterocycles. The van der Waals surface area contributed by atoms with E-state index in [1.54, 1.807) is 0 Å². The van der Waals surface area contributed by atoms with E-state index in [2.05, 4.69) is 40.5 Å². The molecule has 2 heterocycles. The monoisotopic (exact) mass is 369 g/mol. The van der Waals surface area contributed by atoms with Gasteiger partial charge in [0.05, 0.1) is 0 Å². The van der Waals surface area contributed by atoms with Gasteiger partial charge in [-0.05, 0) is 45.1 Å². The lowest BCUT2D eigenvalue weighted by Gasteiger charge is -2.63. The zero-order chi connectivity index (χ0) is 18.9. The molecule has 0 aromatic heterocycles. The summed E-state index contributed by atoms with van der Waals surface area (Å²) in [5, 5.41) is 3.04. The van der Waals surface area contributed by atoms with Gasteiger partial charge in [0.15, 0.2) is 0 Å². The van der Waals surface area contributed by atoms with Crippen LogP contribution in [0.15, 0.2) is 30.3 Å². The van der Waals surface area contributed by atoms with Crippen LogP contribution < -0.4 is 5.32 Å². The highest BCUT2D eigenvalue weighted by Gasteiger charge is 2.54. The maximum Gasteiger partial charge on any atom is 0.317 e. The Kier molecular flexibility index (Phi) is 5.45. The first kappa shape index (κ1) is 18.8. The molecule has 0 radical (unpaired) electrons. The topological polar surface area (TPSA) is 35.6 Å². The molecule has 1 spiro atoms. The van der Waals surface area contributed by atoms with E-state index in [0.717, 1.165) is 25.9 Å². The molecule has 1 N–H and O–H groups in total. The third-order valence-electron chi connectivity index (χ3n) is 7.01. The van der Waals surface area contributed by atoms with Crippen molar-refractivity contribution in [3.8, 4) is 0 Å². The molecule has 1 aliphatic carbocycles. The van der Waals surface area contributed by atoms with Crippen molar-refractivity contribution in [3.05, 3.63) is 35.9 Å². The Bertz CT molecular complexity index is 630. The molecule has 1 aromatic carbocycles. The van der Waals surface area contributed by atoms with Crippen LogP contribution in [-0.4, -0.2) is 47.5 Å². The molecule has 1 atom stereocenters. The molecule has 148 valence electrons. The van der Waals surface area contributed by atoms with Gasteiger partial charge < -0.3 is 10.2 Å². The molecule has 2 aliphatic heterocycles. The Balaban J connectivity index is 1.44. The summed E-state index contributed by atoms with van der Waals surface area (Å²) in [6, 6.07) is 12.7. The number of urea groups is 1. The van der Waals surface area contributed by atoms with Crippen molar-refractivity contribution in [3.63, 3.8) is 0 Å². The fourth-order valence-electron chi connectivity index (χ4n) is 5.73. The first-order valence-corrected chi connectivity index (χ1v) is 11.0. The number of likely N-dealkylation sites (tertiary alicyclic amines) is 2. The smallest absolute Gasteiger partial charge is 0.317 e. The van der Waals surface area contributed by atoms with Crippen molar-refractivity contribution in [2.75, 3.05) is 19.6 Å². The zero-order valence-corrected chi connectivity index (χ0v) is 17.0. The number of nitrogens with one attached hydrogen (secondary N) is 1. The summed E-state index contributed by atoms with van der Waals surface area (Å²) < 4.78 is 0. The molecule has 0 unspecified atom stereocenters. The summed E-state index contributed by atoms with van der Waals surface area (Å²) in [6.07, 6.45) is 9.18. The van der Waals surface area contributed by atoms with E-state index in [0.29, 0.717) is 17.5 Å². The summed E-state index contributed by atoms with van der Waals surface area (Å²) >= 11 is 0. The maximum absolute atomic E-state index is 12.3. The van der Waals surface area contributed by atoms with Gasteiger partial charge in [-0.1, -0.05) is 49.6 Å². The molecule has 2 amide bonds. The van der Waals surface area contributed by atoms with Crippen LogP contribution >= 0.6 is 0 Å². The van der Waals surface area contributed by atoms with Gasteiger partial charge in [0.25, 0.3) is 0 Å². The van der Waals surface area contributed by atoms with Crippen molar-refractivity contribution in [2.24, 2.45) is 5.41 Å². The number of piperidine rings is 1. The van der Waals surface area contributed by atoms with E-state index in [4.69, 9.17) is 0 Å². The van der Waals surface area contributed by atoms with E-state index < -0.39 is 0 Å². The highest BCUT2D eigenvalue weighted by atomic mass is 16.2. The summed E-state index contributed by atoms with van der Waals surface area (Å²) in [4.78, 5) is 17.1. The first-order chi connectivity index (χ1) is 13.1. The molecule has 1 saturated carbocycles. The Morgan fingerprint density at radius 2 is 1.74 bits per heavy atom. The van der Waals surface area contributed by atoms with Gasteiger partial charge >= 0.3 is 6.03 Å². The third kappa shape index (κ3) is 3.73.